The third kappa shape index (κ3) is 9.38. The molecule has 0 aliphatic carbocycles. The molecule has 0 N–H and O–H groups in total. The summed E-state index contributed by atoms with van der Waals surface area (Å²) in [4.78, 5) is 0. The summed E-state index contributed by atoms with van der Waals surface area (Å²) >= 11 is 0. The van der Waals surface area contributed by atoms with Gasteiger partial charge in [-0.1, -0.05) is 0 Å². The quantitative estimate of drug-likeness (QED) is 0.540. The van der Waals surface area contributed by atoms with E-state index in [0.717, 1.165) is 0 Å². The molecule has 2 nitrogen and oxygen atoms in total. The Hall–Kier alpha value is 1.67. The summed E-state index contributed by atoms with van der Waals surface area (Å²) in [6, 6.07) is 0. The van der Waals surface area contributed by atoms with E-state index in [2.05, 4.69) is 0 Å². The Morgan fingerprint density at radius 3 is 0.750 bits per heavy atom. The molecule has 0 rings (SSSR count). The van der Waals surface area contributed by atoms with Gasteiger partial charge in [0, 0.05) is 25.8 Å². The van der Waals surface area contributed by atoms with Crippen LogP contribution in [0.5, 0.6) is 0 Å². The second kappa shape index (κ2) is 22.5. The number of hydrogen-bond acceptors (Lipinski definition) is 0. The van der Waals surface area contributed by atoms with Gasteiger partial charge < -0.3 is 11.0 Å². The second-order valence-corrected chi connectivity index (χ2v) is 0. The van der Waals surface area contributed by atoms with Crippen LogP contribution in [0.2, 0.25) is 0 Å². The van der Waals surface area contributed by atoms with Crippen LogP contribution in [0.15, 0.2) is 0 Å². The maximum Gasteiger partial charge on any atom is 4.00 e. The first-order valence-corrected chi connectivity index (χ1v) is 0. The first-order valence-electron chi connectivity index (χ1n) is 0. The van der Waals surface area contributed by atoms with Crippen molar-refractivity contribution in [1.29, 1.82) is 0 Å². The van der Waals surface area contributed by atoms with Gasteiger partial charge in [-0.05, 0) is 0 Å². The number of hydrogen-bond donors (Lipinski definition) is 0. The second-order valence-electron chi connectivity index (χ2n) is 0. The van der Waals surface area contributed by atoms with Crippen LogP contribution in [0, 0.1) is 0 Å². The average Bonchev–Trinajstić information content (AvgIpc) is 0. The molecule has 0 aliphatic heterocycles. The van der Waals surface area contributed by atoms with Gasteiger partial charge in [0.15, 0.2) is 0 Å². The minimum absolute atomic E-state index is 0. The van der Waals surface area contributed by atoms with E-state index in [1.807, 2.05) is 0 Å². The molecule has 0 bridgehead atoms. The van der Waals surface area contributed by atoms with Gasteiger partial charge in [0.1, 0.15) is 0 Å². The molecule has 0 atom stereocenters. The van der Waals surface area contributed by atoms with Crippen molar-refractivity contribution in [3.8, 4) is 0 Å². The van der Waals surface area contributed by atoms with E-state index in [0.29, 0.717) is 0 Å². The van der Waals surface area contributed by atoms with Crippen LogP contribution in [-0.2, 0) is 37.2 Å². The monoisotopic (exact) mass is 237 g/mol. The van der Waals surface area contributed by atoms with Gasteiger partial charge in [-0.3, -0.25) is 0 Å². The Balaban J connectivity index is 0. The van der Waals surface area contributed by atoms with Crippen LogP contribution in [0.25, 0.3) is 0 Å². The van der Waals surface area contributed by atoms with Crippen molar-refractivity contribution in [3.63, 3.8) is 0 Å². The van der Waals surface area contributed by atoms with Gasteiger partial charge in [0.2, 0.25) is 0 Å². The first-order chi connectivity index (χ1) is 0. The summed E-state index contributed by atoms with van der Waals surface area (Å²) in [6.45, 7) is 0. The van der Waals surface area contributed by atoms with Crippen molar-refractivity contribution in [1.82, 2.24) is 0 Å². The molecule has 0 unspecified atom stereocenters. The molecule has 0 saturated carbocycles. The van der Waals surface area contributed by atoms with Crippen molar-refractivity contribution in [3.05, 3.63) is 0 Å². The SMILES string of the molecule is [In].[O-2].[O-2].[Zr+4]. The minimum Gasteiger partial charge on any atom is -2.00 e. The first kappa shape index (κ1) is 44.3. The van der Waals surface area contributed by atoms with E-state index in [-0.39, 0.29) is 63.0 Å². The summed E-state index contributed by atoms with van der Waals surface area (Å²) in [5, 5.41) is 0. The normalized spacial score (nSPS) is 0. The fourth-order valence-corrected chi connectivity index (χ4v) is 0. The topological polar surface area (TPSA) is 57.0 Å². The molecular weight excluding hydrogens is 238 g/mol. The number of rotatable bonds is 0. The molecule has 3 radical (unpaired) electrons. The summed E-state index contributed by atoms with van der Waals surface area (Å²) in [7, 11) is 0. The standard InChI is InChI=1S/In.2O.Zr/q;2*-2;+4. The van der Waals surface area contributed by atoms with Crippen LogP contribution < -0.4 is 0 Å². The smallest absolute Gasteiger partial charge is 2.00 e. The predicted octanol–water partition coefficient (Wildman–Crippen LogP) is -0.621. The Labute approximate surface area is 62.5 Å². The molecule has 0 heterocycles. The summed E-state index contributed by atoms with van der Waals surface area (Å²) in [5.41, 5.74) is 0. The van der Waals surface area contributed by atoms with Crippen LogP contribution in [-0.4, -0.2) is 25.8 Å². The van der Waals surface area contributed by atoms with Crippen LogP contribution in [0.1, 0.15) is 0 Å². The fourth-order valence-electron chi connectivity index (χ4n) is 0. The molecule has 0 aromatic carbocycles. The largest absolute Gasteiger partial charge is 4.00 e. The molecule has 0 aliphatic rings. The van der Waals surface area contributed by atoms with Gasteiger partial charge >= 0.3 is 26.2 Å². The predicted molar refractivity (Wildman–Crippen MR) is 7.13 cm³/mol. The van der Waals surface area contributed by atoms with Crippen LogP contribution in [0.3, 0.4) is 0 Å². The Morgan fingerprint density at radius 2 is 0.750 bits per heavy atom. The maximum absolute atomic E-state index is 0. The average molecular weight is 238 g/mol. The molecule has 4 heavy (non-hydrogen) atoms. The van der Waals surface area contributed by atoms with Gasteiger partial charge in [-0.15, -0.1) is 0 Å². The zero-order valence-electron chi connectivity index (χ0n) is 1.89. The molecule has 0 amide bonds. The third-order valence-corrected chi connectivity index (χ3v) is 0. The molecule has 19 valence electrons. The fraction of sp³-hybridized carbons (Fsp3) is 0. The molecule has 0 saturated heterocycles. The van der Waals surface area contributed by atoms with Gasteiger partial charge in [0.25, 0.3) is 0 Å². The van der Waals surface area contributed by atoms with Gasteiger partial charge in [-0.2, -0.15) is 0 Å². The van der Waals surface area contributed by atoms with E-state index in [1.165, 1.54) is 0 Å². The van der Waals surface area contributed by atoms with Crippen LogP contribution in [0.4, 0.5) is 0 Å². The molecule has 0 aromatic heterocycles. The molecule has 0 aromatic rings. The molecule has 0 fully saturated rings. The third-order valence-electron chi connectivity index (χ3n) is 0. The van der Waals surface area contributed by atoms with E-state index in [1.54, 1.807) is 0 Å². The molecule has 4 heteroatoms. The van der Waals surface area contributed by atoms with Crippen molar-refractivity contribution in [2.45, 2.75) is 0 Å². The zero-order valence-corrected chi connectivity index (χ0v) is 7.65. The molecule has 0 spiro atoms. The Morgan fingerprint density at radius 1 is 0.750 bits per heavy atom. The van der Waals surface area contributed by atoms with Crippen molar-refractivity contribution >= 4 is 25.8 Å². The summed E-state index contributed by atoms with van der Waals surface area (Å²) in [6.07, 6.45) is 0. The maximum atomic E-state index is 0. The zero-order chi connectivity index (χ0) is 0. The summed E-state index contributed by atoms with van der Waals surface area (Å²) in [5.74, 6) is 0. The Bertz CT molecular complexity index is 6.00. The van der Waals surface area contributed by atoms with E-state index in [4.69, 9.17) is 0 Å². The Kier molecular flexibility index (Phi) is 249. The van der Waals surface area contributed by atoms with E-state index < -0.39 is 0 Å². The molecular formula is InO2Zr. The van der Waals surface area contributed by atoms with Crippen molar-refractivity contribution in [2.75, 3.05) is 0 Å². The van der Waals surface area contributed by atoms with Gasteiger partial charge in [-0.25, -0.2) is 0 Å². The minimum atomic E-state index is 0. The van der Waals surface area contributed by atoms with E-state index in [9.17, 15) is 0 Å². The van der Waals surface area contributed by atoms with E-state index >= 15 is 0 Å². The van der Waals surface area contributed by atoms with Gasteiger partial charge in [0.05, 0.1) is 0 Å². The van der Waals surface area contributed by atoms with Crippen molar-refractivity contribution in [2.24, 2.45) is 0 Å². The van der Waals surface area contributed by atoms with Crippen molar-refractivity contribution < 1.29 is 37.2 Å². The van der Waals surface area contributed by atoms with Crippen LogP contribution >= 0.6 is 0 Å². The summed E-state index contributed by atoms with van der Waals surface area (Å²) < 4.78 is 0.